The zero-order chi connectivity index (χ0) is 16.7. The number of hydrogen-bond donors (Lipinski definition) is 0. The zero-order valence-corrected chi connectivity index (χ0v) is 19.6. The quantitative estimate of drug-likeness (QED) is 0.494. The molecule has 0 saturated carbocycles. The van der Waals surface area contributed by atoms with Crippen molar-refractivity contribution in [2.45, 2.75) is 77.1 Å². The van der Waals surface area contributed by atoms with Gasteiger partial charge in [-0.05, 0) is 24.7 Å². The number of ether oxygens (including phenoxy) is 2. The fourth-order valence-corrected chi connectivity index (χ4v) is 1.41. The van der Waals surface area contributed by atoms with Crippen LogP contribution < -0.4 is 0 Å². The first-order valence-corrected chi connectivity index (χ1v) is 8.50. The second-order valence-electron chi connectivity index (χ2n) is 6.87. The molecule has 0 saturated heterocycles. The molecule has 0 N–H and O–H groups in total. The van der Waals surface area contributed by atoms with Crippen molar-refractivity contribution in [1.29, 1.82) is 0 Å². The molecule has 0 aliphatic heterocycles. The average molecular weight is 552 g/mol. The molecule has 0 bridgehead atoms. The Balaban J connectivity index is -0.000000295. The summed E-state index contributed by atoms with van der Waals surface area (Å²) in [5.74, 6) is 0. The van der Waals surface area contributed by atoms with E-state index in [1.165, 1.54) is 0 Å². The van der Waals surface area contributed by atoms with Gasteiger partial charge < -0.3 is 60.0 Å². The smallest absolute Gasteiger partial charge is 0.788 e. The van der Waals surface area contributed by atoms with E-state index in [2.05, 4.69) is 41.5 Å². The van der Waals surface area contributed by atoms with E-state index in [0.29, 0.717) is 0 Å². The molecule has 0 heterocycles. The molecule has 0 amide bonds. The van der Waals surface area contributed by atoms with Crippen molar-refractivity contribution in [2.24, 2.45) is 10.8 Å². The SMILES string of the molecule is CC(OC([S-])[S-])C(C)(C)C.CC(OC([S-])[S-])C(C)(C)C.[Pt+4]. The van der Waals surface area contributed by atoms with Gasteiger partial charge in [0.25, 0.3) is 0 Å². The molecule has 0 aromatic carbocycles. The molecular weight excluding hydrogens is 523 g/mol. The Morgan fingerprint density at radius 1 is 0.619 bits per heavy atom. The molecular formula is C14H28O2PtS4. The summed E-state index contributed by atoms with van der Waals surface area (Å²) in [5.41, 5.74) is 0.270. The van der Waals surface area contributed by atoms with E-state index in [-0.39, 0.29) is 44.1 Å². The average Bonchev–Trinajstić information content (AvgIpc) is 2.13. The van der Waals surface area contributed by atoms with Gasteiger partial charge in [0.2, 0.25) is 0 Å². The van der Waals surface area contributed by atoms with Gasteiger partial charge in [0.1, 0.15) is 0 Å². The Labute approximate surface area is 168 Å². The second kappa shape index (κ2) is 12.4. The topological polar surface area (TPSA) is 18.5 Å². The minimum atomic E-state index is -0.491. The van der Waals surface area contributed by atoms with Crippen LogP contribution in [0.25, 0.3) is 0 Å². The zero-order valence-electron chi connectivity index (χ0n) is 14.1. The molecule has 0 aliphatic carbocycles. The van der Waals surface area contributed by atoms with Crippen LogP contribution >= 0.6 is 0 Å². The van der Waals surface area contributed by atoms with Crippen LogP contribution in [0.15, 0.2) is 0 Å². The fourth-order valence-electron chi connectivity index (χ4n) is 0.742. The third-order valence-electron chi connectivity index (χ3n) is 3.07. The van der Waals surface area contributed by atoms with Crippen LogP contribution in [-0.4, -0.2) is 21.7 Å². The maximum absolute atomic E-state index is 5.24. The van der Waals surface area contributed by atoms with E-state index in [4.69, 9.17) is 60.0 Å². The van der Waals surface area contributed by atoms with Gasteiger partial charge in [-0.1, -0.05) is 41.5 Å². The second-order valence-corrected chi connectivity index (χ2v) is 9.18. The fraction of sp³-hybridized carbons (Fsp3) is 1.00. The molecule has 7 heteroatoms. The molecule has 0 aromatic heterocycles. The Morgan fingerprint density at radius 2 is 0.810 bits per heavy atom. The molecule has 21 heavy (non-hydrogen) atoms. The van der Waals surface area contributed by atoms with Gasteiger partial charge in [-0.2, -0.15) is 9.54 Å². The Kier molecular flexibility index (Phi) is 16.4. The summed E-state index contributed by atoms with van der Waals surface area (Å²) >= 11 is 18.9. The minimum absolute atomic E-state index is 0. The van der Waals surface area contributed by atoms with Gasteiger partial charge in [0.15, 0.2) is 0 Å². The first-order chi connectivity index (χ1) is 8.67. The minimum Gasteiger partial charge on any atom is -0.788 e. The van der Waals surface area contributed by atoms with E-state index in [9.17, 15) is 0 Å². The normalized spacial score (nSPS) is 15.1. The van der Waals surface area contributed by atoms with Crippen molar-refractivity contribution in [3.05, 3.63) is 0 Å². The first kappa shape index (κ1) is 27.8. The van der Waals surface area contributed by atoms with Crippen LogP contribution in [0.5, 0.6) is 0 Å². The third kappa shape index (κ3) is 18.2. The third-order valence-corrected chi connectivity index (χ3v) is 3.51. The van der Waals surface area contributed by atoms with E-state index < -0.39 is 9.54 Å². The van der Waals surface area contributed by atoms with Crippen molar-refractivity contribution in [3.63, 3.8) is 0 Å². The van der Waals surface area contributed by atoms with Crippen LogP contribution in [0.1, 0.15) is 55.4 Å². The van der Waals surface area contributed by atoms with Crippen LogP contribution in [-0.2, 0) is 81.1 Å². The van der Waals surface area contributed by atoms with Gasteiger partial charge in [-0.3, -0.25) is 0 Å². The Hall–Kier alpha value is 2.01. The van der Waals surface area contributed by atoms with Crippen LogP contribution in [0.4, 0.5) is 0 Å². The molecule has 0 spiro atoms. The van der Waals surface area contributed by atoms with Crippen molar-refractivity contribution >= 4 is 50.5 Å². The van der Waals surface area contributed by atoms with Crippen LogP contribution in [0.2, 0.25) is 0 Å². The predicted octanol–water partition coefficient (Wildman–Crippen LogP) is 3.63. The number of rotatable bonds is 4. The summed E-state index contributed by atoms with van der Waals surface area (Å²) in [4.78, 5) is 0. The van der Waals surface area contributed by atoms with Gasteiger partial charge in [-0.25, -0.2) is 0 Å². The summed E-state index contributed by atoms with van der Waals surface area (Å²) in [6.07, 6.45) is 0.264. The summed E-state index contributed by atoms with van der Waals surface area (Å²) in [5, 5.41) is 0. The predicted molar refractivity (Wildman–Crippen MR) is 97.0 cm³/mol. The van der Waals surface area contributed by atoms with Gasteiger partial charge in [-0.15, -0.1) is 0 Å². The summed E-state index contributed by atoms with van der Waals surface area (Å²) < 4.78 is 9.51. The van der Waals surface area contributed by atoms with E-state index in [1.807, 2.05) is 13.8 Å². The molecule has 0 aromatic rings. The largest absolute Gasteiger partial charge is 4.00 e. The molecule has 0 aliphatic rings. The van der Waals surface area contributed by atoms with Crippen molar-refractivity contribution < 1.29 is 30.5 Å². The monoisotopic (exact) mass is 551 g/mol. The van der Waals surface area contributed by atoms with Gasteiger partial charge in [0, 0.05) is 0 Å². The molecule has 0 fully saturated rings. The maximum Gasteiger partial charge on any atom is 4.00 e. The van der Waals surface area contributed by atoms with Crippen molar-refractivity contribution in [3.8, 4) is 0 Å². The summed E-state index contributed by atoms with van der Waals surface area (Å²) in [6.45, 7) is 16.6. The van der Waals surface area contributed by atoms with Gasteiger partial charge in [0.05, 0.1) is 12.2 Å². The molecule has 0 radical (unpaired) electrons. The van der Waals surface area contributed by atoms with Crippen LogP contribution in [0.3, 0.4) is 0 Å². The van der Waals surface area contributed by atoms with E-state index in [1.54, 1.807) is 0 Å². The van der Waals surface area contributed by atoms with Crippen LogP contribution in [0, 0.1) is 10.8 Å². The first-order valence-electron chi connectivity index (χ1n) is 6.62. The van der Waals surface area contributed by atoms with E-state index >= 15 is 0 Å². The van der Waals surface area contributed by atoms with Gasteiger partial charge >= 0.3 is 21.1 Å². The van der Waals surface area contributed by atoms with Crippen molar-refractivity contribution in [1.82, 2.24) is 0 Å². The standard InChI is InChI=1S/2C7H16OS2.Pt/c2*1-5(7(2,3)4)8-6(9)10;/h2*5-6,9-10H,1-4H3;/q;;+4/p-4. The summed E-state index contributed by atoms with van der Waals surface area (Å²) in [7, 11) is 0. The molecule has 130 valence electrons. The number of hydrogen-bond acceptors (Lipinski definition) is 6. The van der Waals surface area contributed by atoms with E-state index in [0.717, 1.165) is 0 Å². The van der Waals surface area contributed by atoms with Crippen molar-refractivity contribution in [2.75, 3.05) is 0 Å². The molecule has 0 rings (SSSR count). The molecule has 2 unspecified atom stereocenters. The Bertz CT molecular complexity index is 224. The Morgan fingerprint density at radius 3 is 0.857 bits per heavy atom. The molecule has 2 nitrogen and oxygen atoms in total. The maximum atomic E-state index is 5.24. The molecule has 2 atom stereocenters. The summed E-state index contributed by atoms with van der Waals surface area (Å²) in [6, 6.07) is 0.